The lowest BCUT2D eigenvalue weighted by atomic mass is 10.1. The summed E-state index contributed by atoms with van der Waals surface area (Å²) >= 11 is 4.62. The maximum Gasteiger partial charge on any atom is 0.325 e. The van der Waals surface area contributed by atoms with E-state index < -0.39 is 17.6 Å². The predicted octanol–water partition coefficient (Wildman–Crippen LogP) is 1.60. The summed E-state index contributed by atoms with van der Waals surface area (Å²) in [6.45, 7) is 1.86. The second kappa shape index (κ2) is 6.42. The minimum absolute atomic E-state index is 0.0367. The first-order valence-electron chi connectivity index (χ1n) is 5.51. The summed E-state index contributed by atoms with van der Waals surface area (Å²) < 4.78 is 32.2. The molecule has 0 bridgehead atoms. The minimum atomic E-state index is -1.12. The number of halogens is 2. The van der Waals surface area contributed by atoms with Crippen molar-refractivity contribution in [2.45, 2.75) is 6.92 Å². The van der Waals surface area contributed by atoms with Gasteiger partial charge in [0.2, 0.25) is 0 Å². The Morgan fingerprint density at radius 1 is 1.42 bits per heavy atom. The lowest BCUT2D eigenvalue weighted by Crippen LogP contribution is -2.31. The Morgan fingerprint density at radius 3 is 2.53 bits per heavy atom. The molecule has 0 fully saturated rings. The Bertz CT molecular complexity index is 509. The monoisotopic (exact) mass is 288 g/mol. The number of nitrogens with two attached hydrogens (primary N) is 1. The van der Waals surface area contributed by atoms with Gasteiger partial charge < -0.3 is 15.4 Å². The van der Waals surface area contributed by atoms with E-state index in [2.05, 4.69) is 17.0 Å². The van der Waals surface area contributed by atoms with Gasteiger partial charge in [0.05, 0.1) is 12.8 Å². The number of thiocarbonyl (C=S) groups is 1. The van der Waals surface area contributed by atoms with E-state index in [-0.39, 0.29) is 22.8 Å². The molecule has 4 nitrogen and oxygen atoms in total. The summed E-state index contributed by atoms with van der Waals surface area (Å²) in [5.74, 6) is -2.75. The molecule has 1 rings (SSSR count). The van der Waals surface area contributed by atoms with Crippen LogP contribution >= 0.6 is 12.2 Å². The number of anilines is 1. The van der Waals surface area contributed by atoms with Crippen molar-refractivity contribution in [1.82, 2.24) is 0 Å². The number of carbonyl (C=O) groups excluding carboxylic acids is 1. The molecule has 0 aliphatic carbocycles. The highest BCUT2D eigenvalue weighted by Gasteiger charge is 2.20. The summed E-state index contributed by atoms with van der Waals surface area (Å²) in [4.78, 5) is 12.3. The topological polar surface area (TPSA) is 55.6 Å². The van der Waals surface area contributed by atoms with Crippen molar-refractivity contribution in [2.24, 2.45) is 5.73 Å². The molecular formula is C12H14F2N2O2S. The van der Waals surface area contributed by atoms with Crippen LogP contribution in [0.5, 0.6) is 0 Å². The predicted molar refractivity (Wildman–Crippen MR) is 72.1 cm³/mol. The average molecular weight is 288 g/mol. The van der Waals surface area contributed by atoms with Gasteiger partial charge in [0.15, 0.2) is 11.6 Å². The van der Waals surface area contributed by atoms with Crippen LogP contribution in [0.3, 0.4) is 0 Å². The van der Waals surface area contributed by atoms with Gasteiger partial charge in [0.1, 0.15) is 11.5 Å². The van der Waals surface area contributed by atoms with Crippen molar-refractivity contribution in [2.75, 3.05) is 25.1 Å². The van der Waals surface area contributed by atoms with Crippen molar-refractivity contribution in [3.8, 4) is 0 Å². The number of likely N-dealkylation sites (N-methyl/N-ethyl adjacent to an activating group) is 1. The molecule has 0 unspecified atom stereocenters. The average Bonchev–Trinajstić information content (AvgIpc) is 2.38. The number of ether oxygens (including phenoxy) is 1. The zero-order valence-corrected chi connectivity index (χ0v) is 11.4. The first-order chi connectivity index (χ1) is 8.92. The van der Waals surface area contributed by atoms with Crippen LogP contribution in [0.1, 0.15) is 12.5 Å². The molecule has 0 aliphatic heterocycles. The molecule has 19 heavy (non-hydrogen) atoms. The first kappa shape index (κ1) is 15.3. The molecule has 2 N–H and O–H groups in total. The highest BCUT2D eigenvalue weighted by atomic mass is 32.1. The van der Waals surface area contributed by atoms with Gasteiger partial charge in [-0.15, -0.1) is 0 Å². The molecular weight excluding hydrogens is 274 g/mol. The first-order valence-corrected chi connectivity index (χ1v) is 5.92. The number of carbonyl (C=O) groups is 1. The normalized spacial score (nSPS) is 10.1. The van der Waals surface area contributed by atoms with Crippen LogP contribution in [0.25, 0.3) is 0 Å². The number of hydrogen-bond donors (Lipinski definition) is 1. The van der Waals surface area contributed by atoms with E-state index in [4.69, 9.17) is 5.73 Å². The second-order valence-electron chi connectivity index (χ2n) is 3.71. The van der Waals surface area contributed by atoms with E-state index in [1.165, 1.54) is 24.1 Å². The van der Waals surface area contributed by atoms with E-state index in [9.17, 15) is 13.6 Å². The molecule has 0 atom stereocenters. The molecule has 0 aromatic heterocycles. The molecule has 0 aliphatic rings. The lowest BCUT2D eigenvalue weighted by molar-refractivity contribution is -0.138. The van der Waals surface area contributed by atoms with E-state index in [0.29, 0.717) is 6.54 Å². The molecule has 0 spiro atoms. The second-order valence-corrected chi connectivity index (χ2v) is 4.15. The highest BCUT2D eigenvalue weighted by molar-refractivity contribution is 7.80. The number of nitrogens with zero attached hydrogens (tertiary/aromatic N) is 1. The maximum atomic E-state index is 13.9. The van der Waals surface area contributed by atoms with Gasteiger partial charge >= 0.3 is 5.97 Å². The fourth-order valence-electron chi connectivity index (χ4n) is 1.56. The van der Waals surface area contributed by atoms with Crippen molar-refractivity contribution in [3.05, 3.63) is 29.3 Å². The zero-order valence-electron chi connectivity index (χ0n) is 10.6. The Labute approximate surface area is 115 Å². The Hall–Kier alpha value is -1.76. The van der Waals surface area contributed by atoms with Gasteiger partial charge in [0.25, 0.3) is 0 Å². The number of benzene rings is 1. The molecule has 104 valence electrons. The molecule has 1 aromatic rings. The molecule has 0 radical (unpaired) electrons. The van der Waals surface area contributed by atoms with Crippen LogP contribution < -0.4 is 10.6 Å². The largest absolute Gasteiger partial charge is 0.468 e. The number of esters is 1. The molecule has 0 saturated heterocycles. The Morgan fingerprint density at radius 2 is 2.05 bits per heavy atom. The standard InChI is InChI=1S/C12H14F2N2O2S/c1-3-16(6-9(17)18-2)8-5-4-7(12(15)19)10(13)11(8)14/h4-5H,3,6H2,1-2H3,(H2,15,19). The fourth-order valence-corrected chi connectivity index (χ4v) is 1.72. The van der Waals surface area contributed by atoms with E-state index in [1.807, 2.05) is 0 Å². The van der Waals surface area contributed by atoms with Crippen LogP contribution in [0.4, 0.5) is 14.5 Å². The number of hydrogen-bond acceptors (Lipinski definition) is 4. The van der Waals surface area contributed by atoms with Gasteiger partial charge in [0, 0.05) is 12.1 Å². The van der Waals surface area contributed by atoms with Crippen LogP contribution in [0.15, 0.2) is 12.1 Å². The summed E-state index contributed by atoms with van der Waals surface area (Å²) in [5, 5.41) is 0. The molecule has 0 saturated carbocycles. The summed E-state index contributed by atoms with van der Waals surface area (Å²) in [5.41, 5.74) is 5.08. The van der Waals surface area contributed by atoms with Crippen LogP contribution in [-0.2, 0) is 9.53 Å². The third kappa shape index (κ3) is 3.37. The molecule has 7 heteroatoms. The van der Waals surface area contributed by atoms with Gasteiger partial charge in [-0.25, -0.2) is 8.78 Å². The lowest BCUT2D eigenvalue weighted by Gasteiger charge is -2.22. The minimum Gasteiger partial charge on any atom is -0.468 e. The van der Waals surface area contributed by atoms with Crippen molar-refractivity contribution in [1.29, 1.82) is 0 Å². The van der Waals surface area contributed by atoms with Crippen LogP contribution in [0, 0.1) is 11.6 Å². The van der Waals surface area contributed by atoms with Gasteiger partial charge in [-0.05, 0) is 19.1 Å². The Balaban J connectivity index is 3.16. The van der Waals surface area contributed by atoms with Crippen molar-refractivity contribution >= 4 is 28.9 Å². The summed E-state index contributed by atoms with van der Waals surface area (Å²) in [6.07, 6.45) is 0. The van der Waals surface area contributed by atoms with Crippen molar-refractivity contribution in [3.63, 3.8) is 0 Å². The molecule has 0 amide bonds. The summed E-state index contributed by atoms with van der Waals surface area (Å²) in [6, 6.07) is 2.62. The quantitative estimate of drug-likeness (QED) is 0.659. The fraction of sp³-hybridized carbons (Fsp3) is 0.333. The summed E-state index contributed by atoms with van der Waals surface area (Å²) in [7, 11) is 1.23. The number of methoxy groups -OCH3 is 1. The number of rotatable bonds is 5. The van der Waals surface area contributed by atoms with Crippen molar-refractivity contribution < 1.29 is 18.3 Å². The van der Waals surface area contributed by atoms with Gasteiger partial charge in [-0.2, -0.15) is 0 Å². The maximum absolute atomic E-state index is 13.9. The molecule has 1 aromatic carbocycles. The van der Waals surface area contributed by atoms with Gasteiger partial charge in [-0.3, -0.25) is 4.79 Å². The zero-order chi connectivity index (χ0) is 14.6. The van der Waals surface area contributed by atoms with Gasteiger partial charge in [-0.1, -0.05) is 12.2 Å². The van der Waals surface area contributed by atoms with E-state index in [1.54, 1.807) is 6.92 Å². The highest BCUT2D eigenvalue weighted by Crippen LogP contribution is 2.24. The Kier molecular flexibility index (Phi) is 5.17. The SMILES string of the molecule is CCN(CC(=O)OC)c1ccc(C(N)=S)c(F)c1F. The van der Waals surface area contributed by atoms with E-state index >= 15 is 0 Å². The third-order valence-corrected chi connectivity index (χ3v) is 2.82. The smallest absolute Gasteiger partial charge is 0.325 e. The van der Waals surface area contributed by atoms with Crippen LogP contribution in [0.2, 0.25) is 0 Å². The van der Waals surface area contributed by atoms with E-state index in [0.717, 1.165) is 0 Å². The molecule has 0 heterocycles. The third-order valence-electron chi connectivity index (χ3n) is 2.60. The van der Waals surface area contributed by atoms with Crippen LogP contribution in [-0.4, -0.2) is 31.2 Å².